The zero-order valence-corrected chi connectivity index (χ0v) is 12.1. The summed E-state index contributed by atoms with van der Waals surface area (Å²) in [5, 5.41) is 3.26. The lowest BCUT2D eigenvalue weighted by molar-refractivity contribution is 0.310. The van der Waals surface area contributed by atoms with Gasteiger partial charge in [-0.2, -0.15) is 0 Å². The molecule has 1 N–H and O–H groups in total. The standard InChI is InChI=1S/C15H20N4O/c1-19(2)14(11-18-15-16-8-5-9-17-15)12-6-4-7-13(10-12)20-3/h4-10,14H,11H2,1-3H3,(H,16,17,18). The van der Waals surface area contributed by atoms with Gasteiger partial charge in [0, 0.05) is 18.9 Å². The molecule has 0 saturated heterocycles. The maximum Gasteiger partial charge on any atom is 0.222 e. The lowest BCUT2D eigenvalue weighted by Gasteiger charge is -2.25. The van der Waals surface area contributed by atoms with Crippen molar-refractivity contribution in [1.29, 1.82) is 0 Å². The largest absolute Gasteiger partial charge is 0.497 e. The van der Waals surface area contributed by atoms with Crippen molar-refractivity contribution in [2.45, 2.75) is 6.04 Å². The van der Waals surface area contributed by atoms with E-state index in [1.54, 1.807) is 25.6 Å². The fourth-order valence-electron chi connectivity index (χ4n) is 2.03. The monoisotopic (exact) mass is 272 g/mol. The highest BCUT2D eigenvalue weighted by Crippen LogP contribution is 2.22. The van der Waals surface area contributed by atoms with E-state index in [1.165, 1.54) is 5.56 Å². The molecule has 0 bridgehead atoms. The minimum Gasteiger partial charge on any atom is -0.497 e. The van der Waals surface area contributed by atoms with Gasteiger partial charge < -0.3 is 15.0 Å². The third-order valence-corrected chi connectivity index (χ3v) is 3.12. The van der Waals surface area contributed by atoms with E-state index >= 15 is 0 Å². The molecule has 1 unspecified atom stereocenters. The fraction of sp³-hybridized carbons (Fsp3) is 0.333. The molecular formula is C15H20N4O. The van der Waals surface area contributed by atoms with Gasteiger partial charge in [0.1, 0.15) is 5.75 Å². The minimum atomic E-state index is 0.217. The highest BCUT2D eigenvalue weighted by atomic mass is 16.5. The van der Waals surface area contributed by atoms with Gasteiger partial charge in [-0.05, 0) is 37.9 Å². The van der Waals surface area contributed by atoms with E-state index < -0.39 is 0 Å². The van der Waals surface area contributed by atoms with E-state index in [0.717, 1.165) is 12.3 Å². The van der Waals surface area contributed by atoms with Gasteiger partial charge in [0.15, 0.2) is 0 Å². The van der Waals surface area contributed by atoms with Crippen molar-refractivity contribution in [2.24, 2.45) is 0 Å². The van der Waals surface area contributed by atoms with Crippen LogP contribution in [0.4, 0.5) is 5.95 Å². The molecule has 0 saturated carbocycles. The number of likely N-dealkylation sites (N-methyl/N-ethyl adjacent to an activating group) is 1. The fourth-order valence-corrected chi connectivity index (χ4v) is 2.03. The Morgan fingerprint density at radius 3 is 2.60 bits per heavy atom. The Morgan fingerprint density at radius 1 is 1.20 bits per heavy atom. The molecule has 0 radical (unpaired) electrons. The van der Waals surface area contributed by atoms with Crippen molar-refractivity contribution in [3.8, 4) is 5.75 Å². The first kappa shape index (κ1) is 14.3. The van der Waals surface area contributed by atoms with Crippen LogP contribution < -0.4 is 10.1 Å². The molecule has 2 aromatic rings. The number of methoxy groups -OCH3 is 1. The van der Waals surface area contributed by atoms with Crippen molar-refractivity contribution < 1.29 is 4.74 Å². The maximum atomic E-state index is 5.28. The summed E-state index contributed by atoms with van der Waals surface area (Å²) >= 11 is 0. The molecule has 0 aliphatic rings. The van der Waals surface area contributed by atoms with Crippen molar-refractivity contribution in [1.82, 2.24) is 14.9 Å². The van der Waals surface area contributed by atoms with Crippen LogP contribution in [-0.4, -0.2) is 42.6 Å². The van der Waals surface area contributed by atoms with Crippen molar-refractivity contribution >= 4 is 5.95 Å². The predicted octanol–water partition coefficient (Wildman–Crippen LogP) is 2.20. The molecule has 0 amide bonds. The van der Waals surface area contributed by atoms with Gasteiger partial charge in [-0.1, -0.05) is 12.1 Å². The Bertz CT molecular complexity index is 530. The molecule has 0 aliphatic carbocycles. The molecule has 1 aromatic carbocycles. The summed E-state index contributed by atoms with van der Waals surface area (Å²) in [6, 6.07) is 10.1. The van der Waals surface area contributed by atoms with Crippen LogP contribution in [-0.2, 0) is 0 Å². The summed E-state index contributed by atoms with van der Waals surface area (Å²) in [5.41, 5.74) is 1.19. The zero-order chi connectivity index (χ0) is 14.4. The van der Waals surface area contributed by atoms with Crippen LogP contribution in [0.15, 0.2) is 42.7 Å². The molecular weight excluding hydrogens is 252 g/mol. The molecule has 20 heavy (non-hydrogen) atoms. The number of aromatic nitrogens is 2. The molecule has 106 valence electrons. The molecule has 0 spiro atoms. The SMILES string of the molecule is COc1cccc(C(CNc2ncccn2)N(C)C)c1. The van der Waals surface area contributed by atoms with Crippen LogP contribution in [0.25, 0.3) is 0 Å². The number of anilines is 1. The van der Waals surface area contributed by atoms with Crippen LogP contribution >= 0.6 is 0 Å². The second-order valence-corrected chi connectivity index (χ2v) is 4.71. The smallest absolute Gasteiger partial charge is 0.222 e. The lowest BCUT2D eigenvalue weighted by Crippen LogP contribution is -2.27. The summed E-state index contributed by atoms with van der Waals surface area (Å²) in [4.78, 5) is 10.5. The van der Waals surface area contributed by atoms with Crippen LogP contribution in [0.3, 0.4) is 0 Å². The minimum absolute atomic E-state index is 0.217. The van der Waals surface area contributed by atoms with Crippen molar-refractivity contribution in [3.63, 3.8) is 0 Å². The quantitative estimate of drug-likeness (QED) is 0.873. The van der Waals surface area contributed by atoms with Gasteiger partial charge in [-0.15, -0.1) is 0 Å². The lowest BCUT2D eigenvalue weighted by atomic mass is 10.1. The van der Waals surface area contributed by atoms with Crippen molar-refractivity contribution in [3.05, 3.63) is 48.3 Å². The van der Waals surface area contributed by atoms with E-state index in [-0.39, 0.29) is 6.04 Å². The third kappa shape index (κ3) is 3.68. The predicted molar refractivity (Wildman–Crippen MR) is 79.9 cm³/mol. The highest BCUT2D eigenvalue weighted by molar-refractivity contribution is 5.32. The number of hydrogen-bond donors (Lipinski definition) is 1. The number of nitrogens with one attached hydrogen (secondary N) is 1. The van der Waals surface area contributed by atoms with E-state index in [4.69, 9.17) is 4.74 Å². The van der Waals surface area contributed by atoms with Gasteiger partial charge in [-0.3, -0.25) is 0 Å². The van der Waals surface area contributed by atoms with E-state index in [9.17, 15) is 0 Å². The summed E-state index contributed by atoms with van der Waals surface area (Å²) in [7, 11) is 5.79. The van der Waals surface area contributed by atoms with Crippen molar-refractivity contribution in [2.75, 3.05) is 33.1 Å². The van der Waals surface area contributed by atoms with Crippen LogP contribution in [0.2, 0.25) is 0 Å². The molecule has 5 heteroatoms. The zero-order valence-electron chi connectivity index (χ0n) is 12.1. The molecule has 0 aliphatic heterocycles. The molecule has 1 aromatic heterocycles. The normalized spacial score (nSPS) is 12.2. The summed E-state index contributed by atoms with van der Waals surface area (Å²) < 4.78 is 5.28. The van der Waals surface area contributed by atoms with Crippen LogP contribution in [0.5, 0.6) is 5.75 Å². The Balaban J connectivity index is 2.10. The maximum absolute atomic E-state index is 5.28. The molecule has 2 rings (SSSR count). The Hall–Kier alpha value is -2.14. The molecule has 5 nitrogen and oxygen atoms in total. The van der Waals surface area contributed by atoms with Gasteiger partial charge >= 0.3 is 0 Å². The summed E-state index contributed by atoms with van der Waals surface area (Å²) in [6.45, 7) is 0.726. The average molecular weight is 272 g/mol. The van der Waals surface area contributed by atoms with Crippen LogP contribution in [0, 0.1) is 0 Å². The Labute approximate surface area is 119 Å². The molecule has 1 atom stereocenters. The summed E-state index contributed by atoms with van der Waals surface area (Å²) in [5.74, 6) is 1.51. The number of rotatable bonds is 6. The first-order valence-corrected chi connectivity index (χ1v) is 6.52. The first-order valence-electron chi connectivity index (χ1n) is 6.52. The number of hydrogen-bond acceptors (Lipinski definition) is 5. The second kappa shape index (κ2) is 6.86. The van der Waals surface area contributed by atoms with E-state index in [2.05, 4.69) is 46.4 Å². The highest BCUT2D eigenvalue weighted by Gasteiger charge is 2.14. The molecule has 0 fully saturated rings. The number of ether oxygens (including phenoxy) is 1. The average Bonchev–Trinajstić information content (AvgIpc) is 2.48. The van der Waals surface area contributed by atoms with Gasteiger partial charge in [0.25, 0.3) is 0 Å². The first-order chi connectivity index (χ1) is 9.70. The Morgan fingerprint density at radius 2 is 1.95 bits per heavy atom. The Kier molecular flexibility index (Phi) is 4.90. The van der Waals surface area contributed by atoms with E-state index in [0.29, 0.717) is 5.95 Å². The number of nitrogens with zero attached hydrogens (tertiary/aromatic N) is 3. The third-order valence-electron chi connectivity index (χ3n) is 3.12. The van der Waals surface area contributed by atoms with E-state index in [1.807, 2.05) is 12.1 Å². The topological polar surface area (TPSA) is 50.3 Å². The number of benzene rings is 1. The summed E-state index contributed by atoms with van der Waals surface area (Å²) in [6.07, 6.45) is 3.46. The van der Waals surface area contributed by atoms with Crippen LogP contribution in [0.1, 0.15) is 11.6 Å². The van der Waals surface area contributed by atoms with Gasteiger partial charge in [0.05, 0.1) is 13.2 Å². The van der Waals surface area contributed by atoms with Gasteiger partial charge in [0.2, 0.25) is 5.95 Å². The second-order valence-electron chi connectivity index (χ2n) is 4.71. The van der Waals surface area contributed by atoms with Gasteiger partial charge in [-0.25, -0.2) is 9.97 Å². The molecule has 1 heterocycles.